The molecule has 0 aromatic heterocycles. The first-order chi connectivity index (χ1) is 6.67. The molecule has 0 unspecified atom stereocenters. The Bertz CT molecular complexity index is 245. The fourth-order valence-corrected chi connectivity index (χ4v) is 2.58. The predicted molar refractivity (Wildman–Crippen MR) is 53.7 cm³/mol. The fraction of sp³-hybridized carbons (Fsp3) is 1.00. The number of nitrogens with one attached hydrogen (secondary N) is 1. The SMILES string of the molecule is CCONS(=O)(=O)N1CCCCCC1. The summed E-state index contributed by atoms with van der Waals surface area (Å²) in [7, 11) is -3.41. The van der Waals surface area contributed by atoms with Gasteiger partial charge in [0, 0.05) is 13.1 Å². The van der Waals surface area contributed by atoms with Crippen LogP contribution >= 0.6 is 0 Å². The summed E-state index contributed by atoms with van der Waals surface area (Å²) in [6.45, 7) is 3.28. The average molecular weight is 222 g/mol. The van der Waals surface area contributed by atoms with Gasteiger partial charge in [-0.2, -0.15) is 12.7 Å². The van der Waals surface area contributed by atoms with Crippen LogP contribution in [0.4, 0.5) is 0 Å². The van der Waals surface area contributed by atoms with Crippen LogP contribution in [-0.4, -0.2) is 32.4 Å². The lowest BCUT2D eigenvalue weighted by Crippen LogP contribution is -2.41. The van der Waals surface area contributed by atoms with Gasteiger partial charge in [0.1, 0.15) is 0 Å². The molecule has 0 aromatic carbocycles. The summed E-state index contributed by atoms with van der Waals surface area (Å²) in [5.41, 5.74) is 0. The van der Waals surface area contributed by atoms with E-state index in [-0.39, 0.29) is 0 Å². The predicted octanol–water partition coefficient (Wildman–Crippen LogP) is 0.648. The zero-order chi connectivity index (χ0) is 10.4. The summed E-state index contributed by atoms with van der Waals surface area (Å²) in [4.78, 5) is 6.82. The molecule has 0 amide bonds. The molecule has 1 aliphatic heterocycles. The lowest BCUT2D eigenvalue weighted by molar-refractivity contribution is 0.0996. The second kappa shape index (κ2) is 5.65. The summed E-state index contributed by atoms with van der Waals surface area (Å²) in [6, 6.07) is 0. The zero-order valence-corrected chi connectivity index (χ0v) is 9.35. The number of hydrogen-bond donors (Lipinski definition) is 1. The maximum absolute atomic E-state index is 11.6. The molecular weight excluding hydrogens is 204 g/mol. The lowest BCUT2D eigenvalue weighted by Gasteiger charge is -2.19. The van der Waals surface area contributed by atoms with Gasteiger partial charge in [-0.05, 0) is 19.8 Å². The quantitative estimate of drug-likeness (QED) is 0.710. The average Bonchev–Trinajstić information content (AvgIpc) is 2.43. The Morgan fingerprint density at radius 1 is 1.21 bits per heavy atom. The molecule has 0 bridgehead atoms. The van der Waals surface area contributed by atoms with Gasteiger partial charge in [0.05, 0.1) is 6.61 Å². The molecule has 0 aliphatic carbocycles. The summed E-state index contributed by atoms with van der Waals surface area (Å²) in [5, 5.41) is 0. The molecule has 6 heteroatoms. The Morgan fingerprint density at radius 3 is 2.29 bits per heavy atom. The maximum atomic E-state index is 11.6. The Hall–Kier alpha value is -0.170. The number of hydrogen-bond acceptors (Lipinski definition) is 3. The second-order valence-electron chi connectivity index (χ2n) is 3.33. The molecule has 0 aromatic rings. The van der Waals surface area contributed by atoms with Gasteiger partial charge < -0.3 is 0 Å². The highest BCUT2D eigenvalue weighted by Crippen LogP contribution is 2.12. The van der Waals surface area contributed by atoms with E-state index in [1.165, 1.54) is 4.31 Å². The molecule has 1 aliphatic rings. The van der Waals surface area contributed by atoms with Crippen molar-refractivity contribution < 1.29 is 13.3 Å². The molecule has 14 heavy (non-hydrogen) atoms. The molecule has 0 radical (unpaired) electrons. The molecule has 1 fully saturated rings. The van der Waals surface area contributed by atoms with Crippen LogP contribution in [0.3, 0.4) is 0 Å². The van der Waals surface area contributed by atoms with E-state index in [0.29, 0.717) is 19.7 Å². The summed E-state index contributed by atoms with van der Waals surface area (Å²) < 4.78 is 24.6. The first kappa shape index (κ1) is 11.9. The minimum absolute atomic E-state index is 0.340. The largest absolute Gasteiger partial charge is 0.301 e. The van der Waals surface area contributed by atoms with Crippen LogP contribution < -0.4 is 4.89 Å². The highest BCUT2D eigenvalue weighted by atomic mass is 32.2. The minimum Gasteiger partial charge on any atom is -0.286 e. The van der Waals surface area contributed by atoms with Crippen molar-refractivity contribution in [3.63, 3.8) is 0 Å². The van der Waals surface area contributed by atoms with E-state index in [4.69, 9.17) is 4.84 Å². The van der Waals surface area contributed by atoms with Crippen molar-refractivity contribution in [2.75, 3.05) is 19.7 Å². The van der Waals surface area contributed by atoms with E-state index in [1.807, 2.05) is 0 Å². The van der Waals surface area contributed by atoms with Crippen molar-refractivity contribution in [2.45, 2.75) is 32.6 Å². The van der Waals surface area contributed by atoms with Gasteiger partial charge in [-0.25, -0.2) is 0 Å². The topological polar surface area (TPSA) is 58.6 Å². The van der Waals surface area contributed by atoms with Crippen molar-refractivity contribution in [1.82, 2.24) is 9.19 Å². The molecule has 0 saturated carbocycles. The fourth-order valence-electron chi connectivity index (χ4n) is 1.47. The maximum Gasteiger partial charge on any atom is 0.301 e. The van der Waals surface area contributed by atoms with Crippen molar-refractivity contribution in [3.05, 3.63) is 0 Å². The van der Waals surface area contributed by atoms with Gasteiger partial charge in [0.2, 0.25) is 0 Å². The third-order valence-electron chi connectivity index (χ3n) is 2.21. The number of nitrogens with zero attached hydrogens (tertiary/aromatic N) is 1. The molecule has 84 valence electrons. The molecule has 1 saturated heterocycles. The van der Waals surface area contributed by atoms with Crippen molar-refractivity contribution in [3.8, 4) is 0 Å². The Morgan fingerprint density at radius 2 is 1.79 bits per heavy atom. The van der Waals surface area contributed by atoms with Gasteiger partial charge in [-0.3, -0.25) is 4.84 Å². The minimum atomic E-state index is -3.41. The van der Waals surface area contributed by atoms with E-state index in [2.05, 4.69) is 4.89 Å². The molecule has 5 nitrogen and oxygen atoms in total. The van der Waals surface area contributed by atoms with E-state index in [9.17, 15) is 8.42 Å². The summed E-state index contributed by atoms with van der Waals surface area (Å²) >= 11 is 0. The smallest absolute Gasteiger partial charge is 0.286 e. The van der Waals surface area contributed by atoms with E-state index in [0.717, 1.165) is 25.7 Å². The van der Waals surface area contributed by atoms with Crippen molar-refractivity contribution >= 4 is 10.2 Å². The Balaban J connectivity index is 2.51. The van der Waals surface area contributed by atoms with Crippen LogP contribution in [0.15, 0.2) is 0 Å². The van der Waals surface area contributed by atoms with Crippen LogP contribution in [0.1, 0.15) is 32.6 Å². The van der Waals surface area contributed by atoms with Crippen molar-refractivity contribution in [2.24, 2.45) is 0 Å². The van der Waals surface area contributed by atoms with E-state index >= 15 is 0 Å². The molecule has 0 spiro atoms. The number of rotatable bonds is 4. The zero-order valence-electron chi connectivity index (χ0n) is 8.53. The molecule has 1 N–H and O–H groups in total. The van der Waals surface area contributed by atoms with Crippen LogP contribution in [0, 0.1) is 0 Å². The first-order valence-electron chi connectivity index (χ1n) is 5.05. The Labute approximate surface area is 85.6 Å². The van der Waals surface area contributed by atoms with Gasteiger partial charge in [0.15, 0.2) is 0 Å². The highest BCUT2D eigenvalue weighted by molar-refractivity contribution is 7.87. The van der Waals surface area contributed by atoms with E-state index in [1.54, 1.807) is 6.92 Å². The third-order valence-corrected chi connectivity index (χ3v) is 3.59. The summed E-state index contributed by atoms with van der Waals surface area (Å²) in [6.07, 6.45) is 4.10. The van der Waals surface area contributed by atoms with Crippen LogP contribution in [-0.2, 0) is 15.0 Å². The van der Waals surface area contributed by atoms with Gasteiger partial charge in [-0.1, -0.05) is 17.7 Å². The third kappa shape index (κ3) is 3.53. The molecular formula is C8H18N2O3S. The second-order valence-corrected chi connectivity index (χ2v) is 4.97. The Kier molecular flexibility index (Phi) is 4.80. The van der Waals surface area contributed by atoms with E-state index < -0.39 is 10.2 Å². The van der Waals surface area contributed by atoms with Crippen molar-refractivity contribution in [1.29, 1.82) is 0 Å². The molecule has 1 rings (SSSR count). The van der Waals surface area contributed by atoms with Crippen LogP contribution in [0.2, 0.25) is 0 Å². The van der Waals surface area contributed by atoms with Crippen LogP contribution in [0.25, 0.3) is 0 Å². The summed E-state index contributed by atoms with van der Waals surface area (Å²) in [5.74, 6) is 0. The van der Waals surface area contributed by atoms with Gasteiger partial charge in [0.25, 0.3) is 0 Å². The monoisotopic (exact) mass is 222 g/mol. The molecule has 1 heterocycles. The van der Waals surface area contributed by atoms with Gasteiger partial charge in [-0.15, -0.1) is 0 Å². The highest BCUT2D eigenvalue weighted by Gasteiger charge is 2.22. The lowest BCUT2D eigenvalue weighted by atomic mass is 10.2. The van der Waals surface area contributed by atoms with Crippen LogP contribution in [0.5, 0.6) is 0 Å². The normalized spacial score (nSPS) is 20.6. The first-order valence-corrected chi connectivity index (χ1v) is 6.49. The molecule has 0 atom stereocenters. The van der Waals surface area contributed by atoms with Gasteiger partial charge >= 0.3 is 10.2 Å². The standard InChI is InChI=1S/C8H18N2O3S/c1-2-13-9-14(11,12)10-7-5-3-4-6-8-10/h9H,2-8H2,1H3.